The average molecular weight is 156 g/mol. The van der Waals surface area contributed by atoms with Gasteiger partial charge in [-0.3, -0.25) is 0 Å². The summed E-state index contributed by atoms with van der Waals surface area (Å²) >= 11 is 0. The zero-order valence-electron chi connectivity index (χ0n) is 6.57. The standard InChI is InChI=1S/C6H13BN2O2/c1-2-3-6(7(10)11)4-9-5-8/h4-5,10-11H,2-3H2,1H3,(H2,8,9)/b6-4+. The largest absolute Gasteiger partial charge is 0.485 e. The molecule has 0 aliphatic heterocycles. The highest BCUT2D eigenvalue weighted by Gasteiger charge is 2.12. The summed E-state index contributed by atoms with van der Waals surface area (Å²) in [6.07, 6.45) is 3.95. The van der Waals surface area contributed by atoms with Crippen LogP contribution in [-0.4, -0.2) is 23.5 Å². The number of allylic oxidation sites excluding steroid dienone is 1. The Balaban J connectivity index is 4.08. The molecule has 0 atom stereocenters. The lowest BCUT2D eigenvalue weighted by atomic mass is 9.77. The predicted octanol–water partition coefficient (Wildman–Crippen LogP) is -0.331. The fraction of sp³-hybridized carbons (Fsp3) is 0.500. The molecule has 0 saturated heterocycles. The highest BCUT2D eigenvalue weighted by atomic mass is 16.4. The molecule has 0 aliphatic carbocycles. The van der Waals surface area contributed by atoms with Crippen molar-refractivity contribution in [3.63, 3.8) is 0 Å². The summed E-state index contributed by atoms with van der Waals surface area (Å²) in [6.45, 7) is 1.95. The van der Waals surface area contributed by atoms with Gasteiger partial charge in [0.2, 0.25) is 0 Å². The highest BCUT2D eigenvalue weighted by Crippen LogP contribution is 2.05. The van der Waals surface area contributed by atoms with E-state index in [0.29, 0.717) is 11.9 Å². The number of nitrogens with two attached hydrogens (primary N) is 1. The van der Waals surface area contributed by atoms with Gasteiger partial charge in [-0.25, -0.2) is 4.99 Å². The minimum Gasteiger partial charge on any atom is -0.423 e. The minimum absolute atomic E-state index is 0.481. The van der Waals surface area contributed by atoms with Crippen LogP contribution >= 0.6 is 0 Å². The quantitative estimate of drug-likeness (QED) is 0.296. The number of nitrogens with zero attached hydrogens (tertiary/aromatic N) is 1. The lowest BCUT2D eigenvalue weighted by Crippen LogP contribution is -2.15. The second kappa shape index (κ2) is 5.94. The van der Waals surface area contributed by atoms with Crippen LogP contribution in [0.15, 0.2) is 16.7 Å². The van der Waals surface area contributed by atoms with Crippen molar-refractivity contribution < 1.29 is 10.0 Å². The van der Waals surface area contributed by atoms with Crippen molar-refractivity contribution in [2.75, 3.05) is 0 Å². The van der Waals surface area contributed by atoms with Gasteiger partial charge in [-0.05, 0) is 11.9 Å². The Labute approximate surface area is 66.6 Å². The van der Waals surface area contributed by atoms with E-state index in [9.17, 15) is 0 Å². The van der Waals surface area contributed by atoms with Gasteiger partial charge in [-0.1, -0.05) is 13.3 Å². The van der Waals surface area contributed by atoms with E-state index < -0.39 is 7.12 Å². The van der Waals surface area contributed by atoms with Crippen molar-refractivity contribution in [2.24, 2.45) is 10.7 Å². The molecular weight excluding hydrogens is 143 g/mol. The highest BCUT2D eigenvalue weighted by molar-refractivity contribution is 6.50. The van der Waals surface area contributed by atoms with Crippen LogP contribution in [-0.2, 0) is 0 Å². The summed E-state index contributed by atoms with van der Waals surface area (Å²) in [4.78, 5) is 3.58. The fourth-order valence-electron chi connectivity index (χ4n) is 0.688. The van der Waals surface area contributed by atoms with E-state index >= 15 is 0 Å². The normalized spacial score (nSPS) is 12.5. The Morgan fingerprint density at radius 3 is 2.64 bits per heavy atom. The van der Waals surface area contributed by atoms with Crippen molar-refractivity contribution in [2.45, 2.75) is 19.8 Å². The van der Waals surface area contributed by atoms with Gasteiger partial charge in [0, 0.05) is 6.20 Å². The number of rotatable bonds is 4. The Morgan fingerprint density at radius 2 is 2.27 bits per heavy atom. The second-order valence-electron chi connectivity index (χ2n) is 2.13. The molecule has 0 aromatic heterocycles. The molecular formula is C6H13BN2O2. The fourth-order valence-corrected chi connectivity index (χ4v) is 0.688. The molecule has 0 aromatic rings. The first-order valence-corrected chi connectivity index (χ1v) is 3.50. The molecule has 0 rings (SSSR count). The van der Waals surface area contributed by atoms with Crippen LogP contribution in [0, 0.1) is 0 Å². The third kappa shape index (κ3) is 4.58. The summed E-state index contributed by atoms with van der Waals surface area (Å²) in [6, 6.07) is 0. The summed E-state index contributed by atoms with van der Waals surface area (Å²) in [5.74, 6) is 0. The van der Waals surface area contributed by atoms with Gasteiger partial charge < -0.3 is 15.8 Å². The first kappa shape index (κ1) is 10.2. The van der Waals surface area contributed by atoms with E-state index in [2.05, 4.69) is 4.99 Å². The molecule has 4 nitrogen and oxygen atoms in total. The maximum Gasteiger partial charge on any atom is 0.485 e. The predicted molar refractivity (Wildman–Crippen MR) is 45.9 cm³/mol. The monoisotopic (exact) mass is 156 g/mol. The molecule has 0 aliphatic rings. The van der Waals surface area contributed by atoms with Gasteiger partial charge in [-0.15, -0.1) is 0 Å². The van der Waals surface area contributed by atoms with Gasteiger partial charge >= 0.3 is 7.12 Å². The minimum atomic E-state index is -1.42. The first-order valence-electron chi connectivity index (χ1n) is 3.50. The van der Waals surface area contributed by atoms with Crippen molar-refractivity contribution in [1.82, 2.24) is 0 Å². The molecule has 0 amide bonds. The number of hydrogen-bond acceptors (Lipinski definition) is 3. The van der Waals surface area contributed by atoms with Gasteiger partial charge in [0.15, 0.2) is 0 Å². The lowest BCUT2D eigenvalue weighted by Gasteiger charge is -2.00. The third-order valence-corrected chi connectivity index (χ3v) is 1.20. The van der Waals surface area contributed by atoms with Crippen molar-refractivity contribution in [3.8, 4) is 0 Å². The molecule has 5 heteroatoms. The second-order valence-corrected chi connectivity index (χ2v) is 2.13. The summed E-state index contributed by atoms with van der Waals surface area (Å²) in [5.41, 5.74) is 5.45. The molecule has 62 valence electrons. The maximum atomic E-state index is 8.74. The van der Waals surface area contributed by atoms with Gasteiger partial charge in [0.1, 0.15) is 0 Å². The lowest BCUT2D eigenvalue weighted by molar-refractivity contribution is 0.416. The Kier molecular flexibility index (Phi) is 5.51. The number of hydrogen-bond donors (Lipinski definition) is 3. The van der Waals surface area contributed by atoms with E-state index in [1.165, 1.54) is 6.20 Å². The molecule has 0 fully saturated rings. The van der Waals surface area contributed by atoms with Crippen LogP contribution in [0.1, 0.15) is 19.8 Å². The molecule has 0 unspecified atom stereocenters. The van der Waals surface area contributed by atoms with Crippen LogP contribution < -0.4 is 5.73 Å². The molecule has 0 radical (unpaired) electrons. The maximum absolute atomic E-state index is 8.74. The van der Waals surface area contributed by atoms with Crippen LogP contribution in [0.5, 0.6) is 0 Å². The van der Waals surface area contributed by atoms with Gasteiger partial charge in [-0.2, -0.15) is 0 Å². The van der Waals surface area contributed by atoms with Crippen molar-refractivity contribution >= 4 is 13.5 Å². The Morgan fingerprint density at radius 1 is 1.64 bits per heavy atom. The summed E-state index contributed by atoms with van der Waals surface area (Å²) in [5, 5.41) is 17.5. The first-order chi connectivity index (χ1) is 5.22. The zero-order chi connectivity index (χ0) is 8.69. The van der Waals surface area contributed by atoms with Crippen LogP contribution in [0.4, 0.5) is 0 Å². The van der Waals surface area contributed by atoms with Crippen molar-refractivity contribution in [1.29, 1.82) is 0 Å². The van der Waals surface area contributed by atoms with Crippen LogP contribution in [0.3, 0.4) is 0 Å². The average Bonchev–Trinajstić information content (AvgIpc) is 1.97. The molecule has 0 aromatic carbocycles. The Hall–Kier alpha value is -0.805. The van der Waals surface area contributed by atoms with Crippen molar-refractivity contribution in [3.05, 3.63) is 11.7 Å². The van der Waals surface area contributed by atoms with Crippen LogP contribution in [0.2, 0.25) is 0 Å². The smallest absolute Gasteiger partial charge is 0.423 e. The van der Waals surface area contributed by atoms with E-state index in [0.717, 1.165) is 12.8 Å². The molecule has 0 saturated carbocycles. The molecule has 11 heavy (non-hydrogen) atoms. The zero-order valence-corrected chi connectivity index (χ0v) is 6.57. The third-order valence-electron chi connectivity index (χ3n) is 1.20. The summed E-state index contributed by atoms with van der Waals surface area (Å²) in [7, 11) is -1.42. The van der Waals surface area contributed by atoms with E-state index in [1.54, 1.807) is 0 Å². The molecule has 0 spiro atoms. The molecule has 0 heterocycles. The van der Waals surface area contributed by atoms with E-state index in [1.807, 2.05) is 6.92 Å². The van der Waals surface area contributed by atoms with Crippen LogP contribution in [0.25, 0.3) is 0 Å². The topological polar surface area (TPSA) is 78.8 Å². The van der Waals surface area contributed by atoms with Gasteiger partial charge in [0.25, 0.3) is 0 Å². The van der Waals surface area contributed by atoms with E-state index in [-0.39, 0.29) is 0 Å². The van der Waals surface area contributed by atoms with E-state index in [4.69, 9.17) is 15.8 Å². The Bertz CT molecular complexity index is 157. The SMILES string of the molecule is CCC/C(=C\N=CN)B(O)O. The van der Waals surface area contributed by atoms with Gasteiger partial charge in [0.05, 0.1) is 6.34 Å². The molecule has 4 N–H and O–H groups in total. The number of aliphatic imine (C=N–C) groups is 1. The molecule has 0 bridgehead atoms. The summed E-state index contributed by atoms with van der Waals surface area (Å²) < 4.78 is 0.